The third kappa shape index (κ3) is 4.13. The van der Waals surface area contributed by atoms with Gasteiger partial charge in [0.15, 0.2) is 0 Å². The van der Waals surface area contributed by atoms with Crippen molar-refractivity contribution in [3.63, 3.8) is 0 Å². The van der Waals surface area contributed by atoms with Crippen LogP contribution in [0.2, 0.25) is 0 Å². The maximum atomic E-state index is 12.8. The first-order valence-electron chi connectivity index (χ1n) is 11.7. The molecule has 0 radical (unpaired) electrons. The predicted octanol–water partition coefficient (Wildman–Crippen LogP) is 3.15. The van der Waals surface area contributed by atoms with E-state index in [0.717, 1.165) is 54.1 Å². The topological polar surface area (TPSA) is 75.6 Å². The molecule has 0 bridgehead atoms. The van der Waals surface area contributed by atoms with Crippen molar-refractivity contribution >= 4 is 17.6 Å². The van der Waals surface area contributed by atoms with Gasteiger partial charge in [0.05, 0.1) is 6.54 Å². The molecule has 7 heteroatoms. The Balaban J connectivity index is 1.34. The Morgan fingerprint density at radius 1 is 1.09 bits per heavy atom. The molecule has 4 heterocycles. The molecule has 7 nitrogen and oxygen atoms in total. The molecule has 3 aliphatic heterocycles. The highest BCUT2D eigenvalue weighted by Crippen LogP contribution is 2.33. The number of carbonyl (C=O) groups is 2. The van der Waals surface area contributed by atoms with E-state index in [1.165, 1.54) is 0 Å². The molecule has 1 unspecified atom stereocenters. The molecule has 2 amide bonds. The van der Waals surface area contributed by atoms with Gasteiger partial charge in [0, 0.05) is 43.3 Å². The summed E-state index contributed by atoms with van der Waals surface area (Å²) in [6.45, 7) is 4.64. The van der Waals surface area contributed by atoms with Crippen molar-refractivity contribution in [3.8, 4) is 0 Å². The first kappa shape index (κ1) is 21.1. The van der Waals surface area contributed by atoms with E-state index < -0.39 is 0 Å². The van der Waals surface area contributed by atoms with Gasteiger partial charge in [0.25, 0.3) is 5.91 Å². The molecule has 2 fully saturated rings. The van der Waals surface area contributed by atoms with E-state index in [-0.39, 0.29) is 23.8 Å². The number of likely N-dealkylation sites (tertiary alicyclic amines) is 1. The van der Waals surface area contributed by atoms with Crippen LogP contribution in [-0.4, -0.2) is 52.5 Å². The number of fused-ring (bicyclic) bond motifs is 1. The van der Waals surface area contributed by atoms with Crippen LogP contribution in [0.3, 0.4) is 0 Å². The normalized spacial score (nSPS) is 21.7. The van der Waals surface area contributed by atoms with Gasteiger partial charge in [-0.05, 0) is 44.6 Å². The molecular formula is C25H30N4O3. The predicted molar refractivity (Wildman–Crippen MR) is 120 cm³/mol. The van der Waals surface area contributed by atoms with Crippen LogP contribution in [0.5, 0.6) is 0 Å². The summed E-state index contributed by atoms with van der Waals surface area (Å²) >= 11 is 0. The number of anilines is 1. The summed E-state index contributed by atoms with van der Waals surface area (Å²) in [5.74, 6) is 2.01. The van der Waals surface area contributed by atoms with E-state index in [0.29, 0.717) is 39.1 Å². The fourth-order valence-electron chi connectivity index (χ4n) is 5.05. The standard InChI is InChI=1S/C25H30N4O3/c1-17-20-9-10-22(30)29(16-18-6-3-2-4-7-18)24(20)27-23(26-17)19-11-13-28(14-12-19)25(31)21-8-5-15-32-21/h2-4,6-7,19,21H,5,8-16H2,1H3. The van der Waals surface area contributed by atoms with Gasteiger partial charge in [0.1, 0.15) is 17.7 Å². The Bertz CT molecular complexity index is 996. The van der Waals surface area contributed by atoms with E-state index in [1.807, 2.05) is 47.1 Å². The second-order valence-corrected chi connectivity index (χ2v) is 9.04. The number of hydrogen-bond acceptors (Lipinski definition) is 5. The lowest BCUT2D eigenvalue weighted by Gasteiger charge is -2.34. The largest absolute Gasteiger partial charge is 0.368 e. The molecule has 5 rings (SSSR count). The number of amides is 2. The highest BCUT2D eigenvalue weighted by molar-refractivity contribution is 5.95. The van der Waals surface area contributed by atoms with Crippen molar-refractivity contribution in [2.75, 3.05) is 24.6 Å². The van der Waals surface area contributed by atoms with Crippen LogP contribution < -0.4 is 4.90 Å². The van der Waals surface area contributed by atoms with E-state index in [9.17, 15) is 9.59 Å². The van der Waals surface area contributed by atoms with Crippen molar-refractivity contribution in [1.29, 1.82) is 0 Å². The third-order valence-electron chi connectivity index (χ3n) is 6.92. The maximum absolute atomic E-state index is 12.8. The van der Waals surface area contributed by atoms with Gasteiger partial charge < -0.3 is 9.64 Å². The van der Waals surface area contributed by atoms with E-state index in [2.05, 4.69) is 0 Å². The Morgan fingerprint density at radius 2 is 1.88 bits per heavy atom. The Hall–Kier alpha value is -2.80. The highest BCUT2D eigenvalue weighted by atomic mass is 16.5. The minimum Gasteiger partial charge on any atom is -0.368 e. The summed E-state index contributed by atoms with van der Waals surface area (Å²) in [5.41, 5.74) is 3.14. The smallest absolute Gasteiger partial charge is 0.251 e. The molecule has 0 aliphatic carbocycles. The van der Waals surface area contributed by atoms with Crippen molar-refractivity contribution in [3.05, 3.63) is 53.0 Å². The van der Waals surface area contributed by atoms with E-state index in [4.69, 9.17) is 14.7 Å². The van der Waals surface area contributed by atoms with Gasteiger partial charge in [-0.3, -0.25) is 14.5 Å². The lowest BCUT2D eigenvalue weighted by atomic mass is 9.94. The molecule has 1 aromatic heterocycles. The average molecular weight is 435 g/mol. The van der Waals surface area contributed by atoms with Crippen molar-refractivity contribution in [2.24, 2.45) is 0 Å². The number of nitrogens with zero attached hydrogens (tertiary/aromatic N) is 4. The molecule has 3 aliphatic rings. The van der Waals surface area contributed by atoms with E-state index >= 15 is 0 Å². The van der Waals surface area contributed by atoms with Crippen LogP contribution in [-0.2, 0) is 27.3 Å². The quantitative estimate of drug-likeness (QED) is 0.739. The number of rotatable bonds is 4. The summed E-state index contributed by atoms with van der Waals surface area (Å²) in [4.78, 5) is 39.0. The van der Waals surface area contributed by atoms with Gasteiger partial charge in [0.2, 0.25) is 5.91 Å². The number of piperidine rings is 1. The van der Waals surface area contributed by atoms with Gasteiger partial charge in [-0.15, -0.1) is 0 Å². The van der Waals surface area contributed by atoms with Crippen LogP contribution in [0, 0.1) is 6.92 Å². The number of benzene rings is 1. The van der Waals surface area contributed by atoms with Crippen LogP contribution >= 0.6 is 0 Å². The summed E-state index contributed by atoms with van der Waals surface area (Å²) in [6.07, 6.45) is 4.40. The fourth-order valence-corrected chi connectivity index (χ4v) is 5.05. The summed E-state index contributed by atoms with van der Waals surface area (Å²) < 4.78 is 5.57. The van der Waals surface area contributed by atoms with Crippen molar-refractivity contribution in [2.45, 2.75) is 64.0 Å². The van der Waals surface area contributed by atoms with Crippen molar-refractivity contribution in [1.82, 2.24) is 14.9 Å². The van der Waals surface area contributed by atoms with Gasteiger partial charge in [-0.2, -0.15) is 0 Å². The second kappa shape index (κ2) is 8.98. The molecule has 2 aromatic rings. The first-order chi connectivity index (χ1) is 15.6. The van der Waals surface area contributed by atoms with Gasteiger partial charge in [-0.1, -0.05) is 30.3 Å². The average Bonchev–Trinajstić information content (AvgIpc) is 3.36. The number of carbonyl (C=O) groups excluding carboxylic acids is 2. The molecule has 168 valence electrons. The lowest BCUT2D eigenvalue weighted by molar-refractivity contribution is -0.142. The lowest BCUT2D eigenvalue weighted by Crippen LogP contribution is -2.43. The van der Waals surface area contributed by atoms with Crippen LogP contribution in [0.4, 0.5) is 5.82 Å². The Kier molecular flexibility index (Phi) is 5.91. The minimum atomic E-state index is -0.258. The zero-order valence-electron chi connectivity index (χ0n) is 18.6. The summed E-state index contributed by atoms with van der Waals surface area (Å²) in [5, 5.41) is 0. The monoisotopic (exact) mass is 434 g/mol. The zero-order valence-corrected chi connectivity index (χ0v) is 18.6. The van der Waals surface area contributed by atoms with Gasteiger partial charge in [-0.25, -0.2) is 9.97 Å². The number of hydrogen-bond donors (Lipinski definition) is 0. The molecule has 0 saturated carbocycles. The summed E-state index contributed by atoms with van der Waals surface area (Å²) in [7, 11) is 0. The zero-order chi connectivity index (χ0) is 22.1. The molecule has 1 atom stereocenters. The number of aromatic nitrogens is 2. The molecular weight excluding hydrogens is 404 g/mol. The highest BCUT2D eigenvalue weighted by Gasteiger charge is 2.34. The summed E-state index contributed by atoms with van der Waals surface area (Å²) in [6, 6.07) is 10.0. The minimum absolute atomic E-state index is 0.113. The third-order valence-corrected chi connectivity index (χ3v) is 6.92. The molecule has 32 heavy (non-hydrogen) atoms. The molecule has 1 aromatic carbocycles. The number of aryl methyl sites for hydroxylation is 1. The number of ether oxygens (including phenoxy) is 1. The van der Waals surface area contributed by atoms with Crippen LogP contribution in [0.1, 0.15) is 60.7 Å². The second-order valence-electron chi connectivity index (χ2n) is 9.04. The molecule has 0 spiro atoms. The Labute approximate surface area is 188 Å². The van der Waals surface area contributed by atoms with Gasteiger partial charge >= 0.3 is 0 Å². The van der Waals surface area contributed by atoms with E-state index in [1.54, 1.807) is 0 Å². The van der Waals surface area contributed by atoms with Crippen LogP contribution in [0.15, 0.2) is 30.3 Å². The SMILES string of the molecule is Cc1nc(C2CCN(C(=O)C3CCCO3)CC2)nc2c1CCC(=O)N2Cc1ccccc1. The fraction of sp³-hybridized carbons (Fsp3) is 0.520. The molecule has 2 saturated heterocycles. The maximum Gasteiger partial charge on any atom is 0.251 e. The Morgan fingerprint density at radius 3 is 2.59 bits per heavy atom. The van der Waals surface area contributed by atoms with Crippen LogP contribution in [0.25, 0.3) is 0 Å². The molecule has 0 N–H and O–H groups in total. The van der Waals surface area contributed by atoms with Crippen molar-refractivity contribution < 1.29 is 14.3 Å². The first-order valence-corrected chi connectivity index (χ1v) is 11.7.